The van der Waals surface area contributed by atoms with Crippen molar-refractivity contribution in [1.29, 1.82) is 0 Å². The number of aryl methyl sites for hydroxylation is 1. The van der Waals surface area contributed by atoms with E-state index in [2.05, 4.69) is 15.8 Å². The molecule has 1 unspecified atom stereocenters. The number of halogens is 1. The summed E-state index contributed by atoms with van der Waals surface area (Å²) in [4.78, 5) is 0. The van der Waals surface area contributed by atoms with Crippen molar-refractivity contribution in [2.24, 2.45) is 5.73 Å². The van der Waals surface area contributed by atoms with Gasteiger partial charge in [0.1, 0.15) is 0 Å². The molecule has 1 aromatic carbocycles. The predicted molar refractivity (Wildman–Crippen MR) is 77.4 cm³/mol. The zero-order chi connectivity index (χ0) is 13.4. The molecule has 0 saturated heterocycles. The molecule has 19 heavy (non-hydrogen) atoms. The van der Waals surface area contributed by atoms with Crippen LogP contribution in [-0.4, -0.2) is 9.78 Å². The van der Waals surface area contributed by atoms with E-state index in [1.165, 1.54) is 11.3 Å². The van der Waals surface area contributed by atoms with Crippen LogP contribution >= 0.6 is 11.6 Å². The third kappa shape index (κ3) is 2.28. The van der Waals surface area contributed by atoms with Gasteiger partial charge < -0.3 is 5.73 Å². The minimum atomic E-state index is 0.142. The van der Waals surface area contributed by atoms with Crippen molar-refractivity contribution in [1.82, 2.24) is 9.78 Å². The average Bonchev–Trinajstić information content (AvgIpc) is 2.71. The Hall–Kier alpha value is -1.32. The molecular formula is C15H18ClN3. The number of hydrogen-bond acceptors (Lipinski definition) is 2. The lowest BCUT2D eigenvalue weighted by molar-refractivity contribution is 0.537. The fourth-order valence-electron chi connectivity index (χ4n) is 2.94. The summed E-state index contributed by atoms with van der Waals surface area (Å²) in [6.45, 7) is 2.77. The number of rotatable bonds is 2. The van der Waals surface area contributed by atoms with Gasteiger partial charge in [0.05, 0.1) is 12.2 Å². The lowest BCUT2D eigenvalue weighted by Gasteiger charge is -2.20. The van der Waals surface area contributed by atoms with Crippen LogP contribution in [0.25, 0.3) is 0 Å². The fraction of sp³-hybridized carbons (Fsp3) is 0.400. The van der Waals surface area contributed by atoms with Gasteiger partial charge in [-0.2, -0.15) is 5.10 Å². The summed E-state index contributed by atoms with van der Waals surface area (Å²) in [6, 6.07) is 8.07. The van der Waals surface area contributed by atoms with Crippen LogP contribution in [0, 0.1) is 6.92 Å². The summed E-state index contributed by atoms with van der Waals surface area (Å²) < 4.78 is 2.07. The molecule has 0 amide bonds. The second-order valence-corrected chi connectivity index (χ2v) is 5.60. The van der Waals surface area contributed by atoms with Gasteiger partial charge in [0, 0.05) is 22.3 Å². The SMILES string of the molecule is Cc1nn(Cc2ccccc2Cl)c2c1C(N)CCC2. The van der Waals surface area contributed by atoms with Gasteiger partial charge in [0.25, 0.3) is 0 Å². The highest BCUT2D eigenvalue weighted by Crippen LogP contribution is 2.31. The monoisotopic (exact) mass is 275 g/mol. The summed E-state index contributed by atoms with van der Waals surface area (Å²) in [6.07, 6.45) is 3.27. The Morgan fingerprint density at radius 2 is 2.21 bits per heavy atom. The minimum Gasteiger partial charge on any atom is -0.324 e. The third-order valence-corrected chi connectivity index (χ3v) is 4.23. The number of nitrogens with two attached hydrogens (primary N) is 1. The van der Waals surface area contributed by atoms with Crippen molar-refractivity contribution < 1.29 is 0 Å². The summed E-state index contributed by atoms with van der Waals surface area (Å²) in [7, 11) is 0. The number of fused-ring (bicyclic) bond motifs is 1. The Labute approximate surface area is 118 Å². The van der Waals surface area contributed by atoms with Gasteiger partial charge in [0.2, 0.25) is 0 Å². The van der Waals surface area contributed by atoms with Crippen molar-refractivity contribution in [2.75, 3.05) is 0 Å². The largest absolute Gasteiger partial charge is 0.324 e. The van der Waals surface area contributed by atoms with E-state index in [0.29, 0.717) is 0 Å². The van der Waals surface area contributed by atoms with E-state index >= 15 is 0 Å². The van der Waals surface area contributed by atoms with Gasteiger partial charge in [-0.15, -0.1) is 0 Å². The van der Waals surface area contributed by atoms with Crippen molar-refractivity contribution in [2.45, 2.75) is 38.8 Å². The zero-order valence-corrected chi connectivity index (χ0v) is 11.8. The molecule has 0 saturated carbocycles. The van der Waals surface area contributed by atoms with Gasteiger partial charge in [-0.25, -0.2) is 0 Å². The van der Waals surface area contributed by atoms with Crippen LogP contribution in [0.15, 0.2) is 24.3 Å². The van der Waals surface area contributed by atoms with Gasteiger partial charge in [-0.1, -0.05) is 29.8 Å². The van der Waals surface area contributed by atoms with Crippen LogP contribution in [0.2, 0.25) is 5.02 Å². The van der Waals surface area contributed by atoms with Gasteiger partial charge in [-0.3, -0.25) is 4.68 Å². The maximum atomic E-state index is 6.23. The van der Waals surface area contributed by atoms with Crippen LogP contribution in [0.4, 0.5) is 0 Å². The smallest absolute Gasteiger partial charge is 0.0677 e. The lowest BCUT2D eigenvalue weighted by Crippen LogP contribution is -2.19. The van der Waals surface area contributed by atoms with Crippen molar-refractivity contribution in [3.8, 4) is 0 Å². The normalized spacial score (nSPS) is 18.4. The van der Waals surface area contributed by atoms with E-state index in [1.807, 2.05) is 25.1 Å². The maximum absolute atomic E-state index is 6.23. The summed E-state index contributed by atoms with van der Waals surface area (Å²) >= 11 is 6.23. The predicted octanol–water partition coefficient (Wildman–Crippen LogP) is 3.23. The van der Waals surface area contributed by atoms with Gasteiger partial charge >= 0.3 is 0 Å². The lowest BCUT2D eigenvalue weighted by atomic mass is 9.92. The van der Waals surface area contributed by atoms with Crippen LogP contribution in [-0.2, 0) is 13.0 Å². The highest BCUT2D eigenvalue weighted by molar-refractivity contribution is 6.31. The van der Waals surface area contributed by atoms with E-state index in [1.54, 1.807) is 0 Å². The molecule has 3 nitrogen and oxygen atoms in total. The van der Waals surface area contributed by atoms with Crippen LogP contribution < -0.4 is 5.73 Å². The molecule has 2 aromatic rings. The Balaban J connectivity index is 1.99. The number of benzene rings is 1. The van der Waals surface area contributed by atoms with E-state index < -0.39 is 0 Å². The quantitative estimate of drug-likeness (QED) is 0.914. The van der Waals surface area contributed by atoms with Crippen molar-refractivity contribution >= 4 is 11.6 Å². The molecular weight excluding hydrogens is 258 g/mol. The number of hydrogen-bond donors (Lipinski definition) is 1. The first-order chi connectivity index (χ1) is 9.16. The summed E-state index contributed by atoms with van der Waals surface area (Å²) in [5.74, 6) is 0. The number of aromatic nitrogens is 2. The molecule has 1 atom stereocenters. The van der Waals surface area contributed by atoms with E-state index in [0.717, 1.165) is 42.1 Å². The molecule has 100 valence electrons. The number of nitrogens with zero attached hydrogens (tertiary/aromatic N) is 2. The standard InChI is InChI=1S/C15H18ClN3/c1-10-15-13(17)7-4-8-14(15)19(18-10)9-11-5-2-3-6-12(11)16/h2-3,5-6,13H,4,7-9,17H2,1H3. The molecule has 2 N–H and O–H groups in total. The molecule has 0 radical (unpaired) electrons. The van der Waals surface area contributed by atoms with E-state index in [9.17, 15) is 0 Å². The molecule has 0 bridgehead atoms. The fourth-order valence-corrected chi connectivity index (χ4v) is 3.14. The third-order valence-electron chi connectivity index (χ3n) is 3.86. The van der Waals surface area contributed by atoms with Gasteiger partial charge in [-0.05, 0) is 37.8 Å². The van der Waals surface area contributed by atoms with Crippen LogP contribution in [0.3, 0.4) is 0 Å². The van der Waals surface area contributed by atoms with Crippen LogP contribution in [0.1, 0.15) is 41.4 Å². The molecule has 0 fully saturated rings. The highest BCUT2D eigenvalue weighted by atomic mass is 35.5. The summed E-state index contributed by atoms with van der Waals surface area (Å²) in [5, 5.41) is 5.45. The van der Waals surface area contributed by atoms with Crippen molar-refractivity contribution in [3.63, 3.8) is 0 Å². The molecule has 0 spiro atoms. The maximum Gasteiger partial charge on any atom is 0.0677 e. The van der Waals surface area contributed by atoms with Crippen LogP contribution in [0.5, 0.6) is 0 Å². The topological polar surface area (TPSA) is 43.8 Å². The second-order valence-electron chi connectivity index (χ2n) is 5.19. The van der Waals surface area contributed by atoms with E-state index in [4.69, 9.17) is 17.3 Å². The first kappa shape index (κ1) is 12.7. The minimum absolute atomic E-state index is 0.142. The molecule has 3 rings (SSSR count). The molecule has 4 heteroatoms. The Morgan fingerprint density at radius 3 is 3.00 bits per heavy atom. The highest BCUT2D eigenvalue weighted by Gasteiger charge is 2.24. The molecule has 1 aromatic heterocycles. The van der Waals surface area contributed by atoms with Gasteiger partial charge in [0.15, 0.2) is 0 Å². The Morgan fingerprint density at radius 1 is 1.42 bits per heavy atom. The molecule has 1 heterocycles. The Kier molecular flexibility index (Phi) is 3.33. The zero-order valence-electron chi connectivity index (χ0n) is 11.1. The first-order valence-corrected chi connectivity index (χ1v) is 7.10. The molecule has 0 aliphatic heterocycles. The first-order valence-electron chi connectivity index (χ1n) is 6.72. The molecule has 1 aliphatic rings. The Bertz CT molecular complexity index is 603. The average molecular weight is 276 g/mol. The molecule has 1 aliphatic carbocycles. The van der Waals surface area contributed by atoms with E-state index in [-0.39, 0.29) is 6.04 Å². The summed E-state index contributed by atoms with van der Waals surface area (Å²) in [5.41, 5.74) is 10.9. The second kappa shape index (κ2) is 4.99. The van der Waals surface area contributed by atoms with Crippen molar-refractivity contribution in [3.05, 3.63) is 51.8 Å².